The van der Waals surface area contributed by atoms with Crippen molar-refractivity contribution in [1.29, 1.82) is 0 Å². The molecule has 1 aromatic carbocycles. The van der Waals surface area contributed by atoms with E-state index in [1.165, 1.54) is 31.1 Å². The molecule has 0 radical (unpaired) electrons. The normalized spacial score (nSPS) is 19.7. The molecule has 1 atom stereocenters. The van der Waals surface area contributed by atoms with E-state index in [0.29, 0.717) is 0 Å². The van der Waals surface area contributed by atoms with Gasteiger partial charge in [-0.3, -0.25) is 0 Å². The zero-order valence-electron chi connectivity index (χ0n) is 12.8. The van der Waals surface area contributed by atoms with Gasteiger partial charge < -0.3 is 10.0 Å². The van der Waals surface area contributed by atoms with E-state index in [1.807, 2.05) is 12.3 Å². The third-order valence-electron chi connectivity index (χ3n) is 4.75. The predicted octanol–water partition coefficient (Wildman–Crippen LogP) is 3.74. The predicted molar refractivity (Wildman–Crippen MR) is 87.5 cm³/mol. The average molecular weight is 284 g/mol. The highest BCUT2D eigenvalue weighted by molar-refractivity contribution is 5.94. The van der Waals surface area contributed by atoms with Crippen molar-refractivity contribution in [1.82, 2.24) is 4.98 Å². The molecule has 3 heteroatoms. The fraction of sp³-hybridized carbons (Fsp3) is 0.500. The minimum Gasteiger partial charge on any atom is -0.392 e. The van der Waals surface area contributed by atoms with Crippen molar-refractivity contribution < 1.29 is 5.11 Å². The van der Waals surface area contributed by atoms with Gasteiger partial charge in [0.05, 0.1) is 6.61 Å². The smallest absolute Gasteiger partial charge is 0.136 e. The van der Waals surface area contributed by atoms with Crippen LogP contribution in [-0.4, -0.2) is 23.2 Å². The molecule has 1 aliphatic heterocycles. The molecule has 1 fully saturated rings. The second-order valence-corrected chi connectivity index (χ2v) is 6.00. The number of aromatic nitrogens is 1. The summed E-state index contributed by atoms with van der Waals surface area (Å²) in [6.45, 7) is 4.52. The highest BCUT2D eigenvalue weighted by Crippen LogP contribution is 2.30. The molecule has 1 aliphatic rings. The van der Waals surface area contributed by atoms with Crippen LogP contribution in [0.1, 0.15) is 38.2 Å². The van der Waals surface area contributed by atoms with E-state index in [1.54, 1.807) is 0 Å². The number of aliphatic hydroxyl groups excluding tert-OH is 1. The monoisotopic (exact) mass is 284 g/mol. The molecule has 112 valence electrons. The van der Waals surface area contributed by atoms with Crippen LogP contribution in [0.25, 0.3) is 10.8 Å². The quantitative estimate of drug-likeness (QED) is 0.932. The average Bonchev–Trinajstić information content (AvgIpc) is 2.79. The van der Waals surface area contributed by atoms with Gasteiger partial charge in [0, 0.05) is 30.2 Å². The molecule has 2 aromatic rings. The minimum atomic E-state index is 0.0473. The van der Waals surface area contributed by atoms with Gasteiger partial charge in [0.25, 0.3) is 0 Å². The molecule has 1 saturated heterocycles. The van der Waals surface area contributed by atoms with Gasteiger partial charge in [-0.2, -0.15) is 0 Å². The van der Waals surface area contributed by atoms with Crippen LogP contribution in [0.5, 0.6) is 0 Å². The second kappa shape index (κ2) is 6.44. The molecule has 0 amide bonds. The third-order valence-corrected chi connectivity index (χ3v) is 4.75. The number of hydrogen-bond acceptors (Lipinski definition) is 3. The lowest BCUT2D eigenvalue weighted by atomic mass is 9.98. The SMILES string of the molecule is CCC1CCCN(c2ncc(CO)c3ccccc23)CC1. The first-order chi connectivity index (χ1) is 10.3. The number of aliphatic hydroxyl groups is 1. The standard InChI is InChI=1S/C18H24N2O/c1-2-14-6-5-10-20(11-9-14)18-17-8-4-3-7-16(17)15(13-21)12-19-18/h3-4,7-8,12,14,21H,2,5-6,9-11,13H2,1H3. The molecule has 2 heterocycles. The van der Waals surface area contributed by atoms with Crippen molar-refractivity contribution in [2.75, 3.05) is 18.0 Å². The Balaban J connectivity index is 1.97. The van der Waals surface area contributed by atoms with Gasteiger partial charge >= 0.3 is 0 Å². The largest absolute Gasteiger partial charge is 0.392 e. The summed E-state index contributed by atoms with van der Waals surface area (Å²) < 4.78 is 0. The van der Waals surface area contributed by atoms with Crippen molar-refractivity contribution in [2.45, 2.75) is 39.2 Å². The zero-order chi connectivity index (χ0) is 14.7. The van der Waals surface area contributed by atoms with Gasteiger partial charge in [-0.25, -0.2) is 4.98 Å². The van der Waals surface area contributed by atoms with E-state index < -0.39 is 0 Å². The van der Waals surface area contributed by atoms with Gasteiger partial charge in [0.1, 0.15) is 5.82 Å². The molecule has 21 heavy (non-hydrogen) atoms. The van der Waals surface area contributed by atoms with Crippen LogP contribution in [0.4, 0.5) is 5.82 Å². The van der Waals surface area contributed by atoms with E-state index in [-0.39, 0.29) is 6.61 Å². The van der Waals surface area contributed by atoms with Crippen LogP contribution in [-0.2, 0) is 6.61 Å². The van der Waals surface area contributed by atoms with Crippen LogP contribution >= 0.6 is 0 Å². The molecular formula is C18H24N2O. The van der Waals surface area contributed by atoms with Crippen LogP contribution < -0.4 is 4.90 Å². The fourth-order valence-electron chi connectivity index (χ4n) is 3.40. The highest BCUT2D eigenvalue weighted by atomic mass is 16.3. The van der Waals surface area contributed by atoms with Crippen molar-refractivity contribution in [2.24, 2.45) is 5.92 Å². The Hall–Kier alpha value is -1.61. The van der Waals surface area contributed by atoms with Crippen LogP contribution in [0, 0.1) is 5.92 Å². The highest BCUT2D eigenvalue weighted by Gasteiger charge is 2.19. The summed E-state index contributed by atoms with van der Waals surface area (Å²) in [6, 6.07) is 8.29. The summed E-state index contributed by atoms with van der Waals surface area (Å²) in [6.07, 6.45) is 6.95. The fourth-order valence-corrected chi connectivity index (χ4v) is 3.40. The van der Waals surface area contributed by atoms with Crippen molar-refractivity contribution in [3.05, 3.63) is 36.0 Å². The van der Waals surface area contributed by atoms with Gasteiger partial charge in [-0.05, 0) is 30.6 Å². The zero-order valence-corrected chi connectivity index (χ0v) is 12.8. The van der Waals surface area contributed by atoms with Crippen molar-refractivity contribution in [3.8, 4) is 0 Å². The van der Waals surface area contributed by atoms with Gasteiger partial charge in [0.15, 0.2) is 0 Å². The summed E-state index contributed by atoms with van der Waals surface area (Å²) in [5, 5.41) is 11.8. The second-order valence-electron chi connectivity index (χ2n) is 6.00. The van der Waals surface area contributed by atoms with Crippen LogP contribution in [0.3, 0.4) is 0 Å². The van der Waals surface area contributed by atoms with Gasteiger partial charge in [0.2, 0.25) is 0 Å². The van der Waals surface area contributed by atoms with E-state index in [4.69, 9.17) is 0 Å². The van der Waals surface area contributed by atoms with Gasteiger partial charge in [-0.1, -0.05) is 37.6 Å². The van der Waals surface area contributed by atoms with E-state index >= 15 is 0 Å². The summed E-state index contributed by atoms with van der Waals surface area (Å²) >= 11 is 0. The minimum absolute atomic E-state index is 0.0473. The first-order valence-electron chi connectivity index (χ1n) is 8.06. The van der Waals surface area contributed by atoms with Gasteiger partial charge in [-0.15, -0.1) is 0 Å². The lowest BCUT2D eigenvalue weighted by molar-refractivity contribution is 0.283. The summed E-state index contributed by atoms with van der Waals surface area (Å²) in [5.41, 5.74) is 0.913. The number of hydrogen-bond donors (Lipinski definition) is 1. The van der Waals surface area contributed by atoms with Crippen molar-refractivity contribution >= 4 is 16.6 Å². The molecule has 3 rings (SSSR count). The molecule has 0 aliphatic carbocycles. The Kier molecular flexibility index (Phi) is 4.39. The number of rotatable bonds is 3. The van der Waals surface area contributed by atoms with E-state index in [0.717, 1.165) is 35.8 Å². The lowest BCUT2D eigenvalue weighted by Gasteiger charge is -2.24. The molecule has 0 saturated carbocycles. The molecule has 0 bridgehead atoms. The summed E-state index contributed by atoms with van der Waals surface area (Å²) in [5.74, 6) is 1.94. The van der Waals surface area contributed by atoms with Crippen LogP contribution in [0.2, 0.25) is 0 Å². The topological polar surface area (TPSA) is 36.4 Å². The Morgan fingerprint density at radius 3 is 2.76 bits per heavy atom. The molecule has 1 aromatic heterocycles. The molecule has 0 spiro atoms. The number of benzene rings is 1. The lowest BCUT2D eigenvalue weighted by Crippen LogP contribution is -2.25. The molecular weight excluding hydrogens is 260 g/mol. The van der Waals surface area contributed by atoms with Crippen LogP contribution in [0.15, 0.2) is 30.5 Å². The first kappa shape index (κ1) is 14.3. The number of fused-ring (bicyclic) bond motifs is 1. The molecule has 3 nitrogen and oxygen atoms in total. The number of nitrogens with zero attached hydrogens (tertiary/aromatic N) is 2. The Bertz CT molecular complexity index is 611. The van der Waals surface area contributed by atoms with E-state index in [2.05, 4.69) is 35.0 Å². The maximum Gasteiger partial charge on any atom is 0.136 e. The number of anilines is 1. The maximum absolute atomic E-state index is 9.49. The Labute approximate surface area is 126 Å². The van der Waals surface area contributed by atoms with Crippen molar-refractivity contribution in [3.63, 3.8) is 0 Å². The van der Waals surface area contributed by atoms with E-state index in [9.17, 15) is 5.11 Å². The first-order valence-corrected chi connectivity index (χ1v) is 8.06. The molecule has 1 N–H and O–H groups in total. The maximum atomic E-state index is 9.49. The Morgan fingerprint density at radius 2 is 2.00 bits per heavy atom. The third kappa shape index (κ3) is 2.88. The number of pyridine rings is 1. The summed E-state index contributed by atoms with van der Waals surface area (Å²) in [7, 11) is 0. The molecule has 1 unspecified atom stereocenters. The summed E-state index contributed by atoms with van der Waals surface area (Å²) in [4.78, 5) is 7.09. The Morgan fingerprint density at radius 1 is 1.19 bits per heavy atom.